The minimum Gasteiger partial charge on any atom is -0.351 e. The van der Waals surface area contributed by atoms with Crippen molar-refractivity contribution in [3.05, 3.63) is 54.1 Å². The van der Waals surface area contributed by atoms with Crippen molar-refractivity contribution < 1.29 is 42.2 Å². The number of halogens is 8. The first-order valence-corrected chi connectivity index (χ1v) is 14.9. The van der Waals surface area contributed by atoms with Gasteiger partial charge in [-0.3, -0.25) is 24.4 Å². The summed E-state index contributed by atoms with van der Waals surface area (Å²) >= 11 is 0. The highest BCUT2D eigenvalue weighted by Crippen LogP contribution is 3.02. The van der Waals surface area contributed by atoms with Crippen molar-refractivity contribution in [2.45, 2.75) is 68.0 Å². The molecule has 2 fully saturated rings. The number of rotatable bonds is 7. The molecular formula is C26H27F8N5O2S. The molecule has 230 valence electrons. The fraction of sp³-hybridized carbons (Fsp3) is 0.462. The van der Waals surface area contributed by atoms with Gasteiger partial charge in [0.2, 0.25) is 11.8 Å². The van der Waals surface area contributed by atoms with E-state index in [4.69, 9.17) is 0 Å². The number of anilines is 1. The average molecular weight is 626 g/mol. The molecule has 2 amide bonds. The van der Waals surface area contributed by atoms with Gasteiger partial charge in [-0.2, -0.15) is 5.26 Å². The molecule has 1 aromatic heterocycles. The summed E-state index contributed by atoms with van der Waals surface area (Å²) in [5.41, 5.74) is -0.657. The van der Waals surface area contributed by atoms with Crippen LogP contribution in [0.3, 0.4) is 0 Å². The molecule has 16 heteroatoms. The highest BCUT2D eigenvalue weighted by Gasteiger charge is 2.65. The predicted octanol–water partition coefficient (Wildman–Crippen LogP) is 6.84. The van der Waals surface area contributed by atoms with Gasteiger partial charge in [-0.25, -0.2) is 13.2 Å². The Morgan fingerprint density at radius 3 is 2.26 bits per heavy atom. The summed E-state index contributed by atoms with van der Waals surface area (Å²) in [6, 6.07) is -1.63. The van der Waals surface area contributed by atoms with Crippen molar-refractivity contribution >= 4 is 27.7 Å². The number of hydrogen-bond acceptors (Lipinski definition) is 5. The average Bonchev–Trinajstić information content (AvgIpc) is 3.27. The van der Waals surface area contributed by atoms with E-state index in [1.165, 1.54) is 0 Å². The Kier molecular flexibility index (Phi) is 7.67. The van der Waals surface area contributed by atoms with Crippen molar-refractivity contribution in [1.29, 1.82) is 5.26 Å². The van der Waals surface area contributed by atoms with Gasteiger partial charge >= 0.3 is 10.2 Å². The van der Waals surface area contributed by atoms with E-state index in [0.29, 0.717) is 18.6 Å². The molecule has 2 heterocycles. The Morgan fingerprint density at radius 2 is 1.71 bits per heavy atom. The smallest absolute Gasteiger partial charge is 0.310 e. The monoisotopic (exact) mass is 625 g/mol. The van der Waals surface area contributed by atoms with Gasteiger partial charge in [-0.15, -0.1) is 0 Å². The number of nitrogens with zero attached hydrogens (tertiary/aromatic N) is 4. The van der Waals surface area contributed by atoms with E-state index in [-0.39, 0.29) is 37.1 Å². The number of hydrogen-bond donors (Lipinski definition) is 1. The molecule has 2 aliphatic rings. The molecule has 1 aliphatic carbocycles. The summed E-state index contributed by atoms with van der Waals surface area (Å²) in [6.45, 7) is 1.79. The van der Waals surface area contributed by atoms with Crippen LogP contribution in [0.4, 0.5) is 38.3 Å². The molecule has 1 aliphatic heterocycles. The first-order chi connectivity index (χ1) is 19.3. The van der Waals surface area contributed by atoms with Crippen LogP contribution in [0.1, 0.15) is 50.6 Å². The number of likely N-dealkylation sites (tertiary alicyclic amines) is 1. The van der Waals surface area contributed by atoms with Crippen LogP contribution >= 0.6 is 10.2 Å². The van der Waals surface area contributed by atoms with Gasteiger partial charge in [-0.05, 0) is 55.5 Å². The number of nitriles is 1. The van der Waals surface area contributed by atoms with Gasteiger partial charge in [0, 0.05) is 42.9 Å². The standard InChI is InChI=1S/C26H27F8N5O2S/c1-16-8-11-38(15-35)22(16)25(41)39(20-2-4-21(5-3-20)42(30,31,32,33)34)23(17-12-18(27)14-36-13-17)24(40)37-19-6-9-26(28,29)10-7-19/h2-5,12-14,16,19,22-23H,6-11H2,1H3,(H,37,40)/t16-,22+,23?/m0/s1. The zero-order chi connectivity index (χ0) is 31.2. The number of nitrogens with one attached hydrogen (secondary N) is 1. The van der Waals surface area contributed by atoms with E-state index in [1.54, 1.807) is 6.92 Å². The summed E-state index contributed by atoms with van der Waals surface area (Å²) in [5, 5.41) is 12.2. The fourth-order valence-electron chi connectivity index (χ4n) is 5.31. The van der Waals surface area contributed by atoms with Crippen LogP contribution < -0.4 is 10.2 Å². The van der Waals surface area contributed by atoms with Crippen LogP contribution in [0.15, 0.2) is 47.6 Å². The number of carbonyl (C=O) groups excluding carboxylic acids is 2. The molecule has 1 N–H and O–H groups in total. The lowest BCUT2D eigenvalue weighted by Gasteiger charge is -2.41. The van der Waals surface area contributed by atoms with Crippen molar-refractivity contribution in [2.24, 2.45) is 5.92 Å². The van der Waals surface area contributed by atoms with Crippen LogP contribution in [-0.2, 0) is 9.59 Å². The van der Waals surface area contributed by atoms with Gasteiger partial charge in [0.15, 0.2) is 6.19 Å². The van der Waals surface area contributed by atoms with Gasteiger partial charge in [0.25, 0.3) is 5.91 Å². The summed E-state index contributed by atoms with van der Waals surface area (Å²) in [7, 11) is -10.1. The Morgan fingerprint density at radius 1 is 1.10 bits per heavy atom. The van der Waals surface area contributed by atoms with Crippen molar-refractivity contribution in [2.75, 3.05) is 11.4 Å². The van der Waals surface area contributed by atoms with Crippen LogP contribution in [-0.4, -0.2) is 46.2 Å². The van der Waals surface area contributed by atoms with Gasteiger partial charge in [0.05, 0.1) is 6.20 Å². The number of aromatic nitrogens is 1. The largest absolute Gasteiger partial charge is 0.351 e. The van der Waals surface area contributed by atoms with E-state index < -0.39 is 81.2 Å². The second-order valence-electron chi connectivity index (χ2n) is 10.7. The highest BCUT2D eigenvalue weighted by atomic mass is 32.5. The van der Waals surface area contributed by atoms with E-state index in [2.05, 4.69) is 10.3 Å². The first-order valence-electron chi connectivity index (χ1n) is 12.9. The summed E-state index contributed by atoms with van der Waals surface area (Å²) in [6.07, 6.45) is 2.76. The Hall–Kier alpha value is -3.61. The van der Waals surface area contributed by atoms with Crippen molar-refractivity contribution in [3.8, 4) is 6.19 Å². The summed E-state index contributed by atoms with van der Waals surface area (Å²) < 4.78 is 109. The number of benzene rings is 1. The fourth-order valence-corrected chi connectivity index (χ4v) is 5.96. The molecule has 0 bridgehead atoms. The molecule has 3 atom stereocenters. The maximum absolute atomic E-state index is 14.3. The van der Waals surface area contributed by atoms with Crippen LogP contribution in [0.2, 0.25) is 0 Å². The second-order valence-corrected chi connectivity index (χ2v) is 13.1. The summed E-state index contributed by atoms with van der Waals surface area (Å²) in [5.74, 6) is -6.27. The Bertz CT molecular complexity index is 1390. The van der Waals surface area contributed by atoms with E-state index in [9.17, 15) is 47.5 Å². The maximum atomic E-state index is 14.3. The van der Waals surface area contributed by atoms with Crippen molar-refractivity contribution in [1.82, 2.24) is 15.2 Å². The zero-order valence-electron chi connectivity index (χ0n) is 22.1. The lowest BCUT2D eigenvalue weighted by Crippen LogP contribution is -2.53. The number of pyridine rings is 1. The van der Waals surface area contributed by atoms with Gasteiger partial charge in [0.1, 0.15) is 22.8 Å². The number of carbonyl (C=O) groups is 2. The molecule has 2 aromatic rings. The minimum atomic E-state index is -10.1. The molecule has 1 saturated carbocycles. The van der Waals surface area contributed by atoms with Crippen LogP contribution in [0, 0.1) is 23.2 Å². The molecule has 42 heavy (non-hydrogen) atoms. The van der Waals surface area contributed by atoms with Gasteiger partial charge in [-0.1, -0.05) is 26.4 Å². The molecule has 1 unspecified atom stereocenters. The Labute approximate surface area is 236 Å². The third-order valence-corrected chi connectivity index (χ3v) is 8.65. The molecule has 1 aromatic carbocycles. The van der Waals surface area contributed by atoms with E-state index >= 15 is 0 Å². The summed E-state index contributed by atoms with van der Waals surface area (Å²) in [4.78, 5) is 31.1. The van der Waals surface area contributed by atoms with E-state index in [0.717, 1.165) is 28.3 Å². The molecular weight excluding hydrogens is 598 g/mol. The molecule has 1 saturated heterocycles. The maximum Gasteiger partial charge on any atom is 0.310 e. The lowest BCUT2D eigenvalue weighted by atomic mass is 9.91. The third kappa shape index (κ3) is 6.88. The number of amides is 2. The quantitative estimate of drug-likeness (QED) is 0.269. The topological polar surface area (TPSA) is 89.3 Å². The lowest BCUT2D eigenvalue weighted by molar-refractivity contribution is -0.129. The highest BCUT2D eigenvalue weighted by molar-refractivity contribution is 8.45. The second kappa shape index (κ2) is 10.3. The molecule has 0 radical (unpaired) electrons. The Balaban J connectivity index is 1.83. The van der Waals surface area contributed by atoms with E-state index in [1.807, 2.05) is 6.19 Å². The molecule has 0 spiro atoms. The number of alkyl halides is 2. The first kappa shape index (κ1) is 31.3. The van der Waals surface area contributed by atoms with Crippen LogP contribution in [0.5, 0.6) is 0 Å². The predicted molar refractivity (Wildman–Crippen MR) is 137 cm³/mol. The van der Waals surface area contributed by atoms with Gasteiger partial charge < -0.3 is 5.32 Å². The zero-order valence-corrected chi connectivity index (χ0v) is 22.9. The van der Waals surface area contributed by atoms with Crippen molar-refractivity contribution in [3.63, 3.8) is 0 Å². The molecule has 4 rings (SSSR count). The third-order valence-electron chi connectivity index (χ3n) is 7.49. The normalized spacial score (nSPS) is 23.3. The molecule has 7 nitrogen and oxygen atoms in total. The minimum absolute atomic E-state index is 0.0688. The van der Waals surface area contributed by atoms with Crippen LogP contribution in [0.25, 0.3) is 0 Å². The SMILES string of the molecule is C[C@H]1CCN(C#N)[C@H]1C(=O)N(c1ccc(S(F)(F)(F)(F)F)cc1)C(C(=O)NC1CCC(F)(F)CC1)c1cncc(F)c1.